The molecule has 118 valence electrons. The van der Waals surface area contributed by atoms with Crippen molar-refractivity contribution in [1.29, 1.82) is 0 Å². The predicted molar refractivity (Wildman–Crippen MR) is 90.5 cm³/mol. The fraction of sp³-hybridized carbons (Fsp3) is 0.667. The first-order valence-corrected chi connectivity index (χ1v) is 8.27. The van der Waals surface area contributed by atoms with Crippen LogP contribution in [-0.4, -0.2) is 54.6 Å². The average Bonchev–Trinajstić information content (AvgIpc) is 2.53. The highest BCUT2D eigenvalue weighted by Gasteiger charge is 2.37. The number of rotatable bonds is 6. The minimum absolute atomic E-state index is 0.206. The van der Waals surface area contributed by atoms with Gasteiger partial charge in [-0.1, -0.05) is 30.3 Å². The minimum Gasteiger partial charge on any atom is -0.329 e. The number of nitrogens with two attached hydrogens (primary N) is 1. The van der Waals surface area contributed by atoms with Crippen LogP contribution < -0.4 is 5.73 Å². The van der Waals surface area contributed by atoms with Crippen LogP contribution in [0.25, 0.3) is 0 Å². The maximum absolute atomic E-state index is 6.13. The number of likely N-dealkylation sites (N-methyl/N-ethyl adjacent to an activating group) is 1. The molecule has 1 aliphatic heterocycles. The van der Waals surface area contributed by atoms with Crippen LogP contribution in [0.1, 0.15) is 32.3 Å². The molecule has 1 fully saturated rings. The third kappa shape index (κ3) is 4.06. The van der Waals surface area contributed by atoms with E-state index >= 15 is 0 Å². The number of likely N-dealkylation sites (tertiary alicyclic amines) is 1. The van der Waals surface area contributed by atoms with Gasteiger partial charge in [-0.3, -0.25) is 4.90 Å². The van der Waals surface area contributed by atoms with Crippen molar-refractivity contribution in [1.82, 2.24) is 9.80 Å². The first kappa shape index (κ1) is 16.5. The van der Waals surface area contributed by atoms with Gasteiger partial charge in [0.05, 0.1) is 0 Å². The zero-order chi connectivity index (χ0) is 15.3. The molecule has 1 heterocycles. The number of piperidine rings is 1. The van der Waals surface area contributed by atoms with Crippen molar-refractivity contribution in [3.63, 3.8) is 0 Å². The molecular weight excluding hydrogens is 258 g/mol. The Bertz CT molecular complexity index is 408. The molecule has 2 rings (SSSR count). The van der Waals surface area contributed by atoms with Gasteiger partial charge in [-0.2, -0.15) is 0 Å². The summed E-state index contributed by atoms with van der Waals surface area (Å²) in [5, 5.41) is 0. The molecule has 0 spiro atoms. The Morgan fingerprint density at radius 3 is 2.33 bits per heavy atom. The van der Waals surface area contributed by atoms with Gasteiger partial charge in [0.15, 0.2) is 0 Å². The summed E-state index contributed by atoms with van der Waals surface area (Å²) < 4.78 is 0. The van der Waals surface area contributed by atoms with E-state index in [4.69, 9.17) is 5.73 Å². The van der Waals surface area contributed by atoms with Crippen molar-refractivity contribution < 1.29 is 0 Å². The molecule has 3 heteroatoms. The van der Waals surface area contributed by atoms with Crippen molar-refractivity contribution in [2.75, 3.05) is 33.2 Å². The maximum Gasteiger partial charge on any atom is 0.0355 e. The second-order valence-electron chi connectivity index (χ2n) is 6.71. The Kier molecular flexibility index (Phi) is 5.80. The maximum atomic E-state index is 6.13. The molecule has 0 aromatic heterocycles. The summed E-state index contributed by atoms with van der Waals surface area (Å²) in [6, 6.07) is 11.3. The van der Waals surface area contributed by atoms with Crippen molar-refractivity contribution in [2.24, 2.45) is 5.73 Å². The summed E-state index contributed by atoms with van der Waals surface area (Å²) in [6.07, 6.45) is 3.52. The first-order chi connectivity index (χ1) is 10.1. The molecule has 2 N–H and O–H groups in total. The molecule has 1 aromatic rings. The van der Waals surface area contributed by atoms with Crippen molar-refractivity contribution in [2.45, 2.75) is 44.7 Å². The van der Waals surface area contributed by atoms with E-state index in [2.05, 4.69) is 61.0 Å². The average molecular weight is 289 g/mol. The van der Waals surface area contributed by atoms with E-state index in [1.807, 2.05) is 0 Å². The number of hydrogen-bond acceptors (Lipinski definition) is 3. The number of nitrogens with zero attached hydrogens (tertiary/aromatic N) is 2. The largest absolute Gasteiger partial charge is 0.329 e. The first-order valence-electron chi connectivity index (χ1n) is 8.27. The van der Waals surface area contributed by atoms with Crippen LogP contribution in [-0.2, 0) is 6.42 Å². The van der Waals surface area contributed by atoms with Crippen LogP contribution in [0.3, 0.4) is 0 Å². The Morgan fingerprint density at radius 1 is 1.19 bits per heavy atom. The van der Waals surface area contributed by atoms with Gasteiger partial charge in [0, 0.05) is 24.7 Å². The molecular formula is C18H31N3. The summed E-state index contributed by atoms with van der Waals surface area (Å²) >= 11 is 0. The zero-order valence-electron chi connectivity index (χ0n) is 13.9. The molecule has 0 bridgehead atoms. The molecule has 1 saturated heterocycles. The molecule has 1 aromatic carbocycles. The third-order valence-electron chi connectivity index (χ3n) is 5.25. The lowest BCUT2D eigenvalue weighted by Gasteiger charge is -2.48. The van der Waals surface area contributed by atoms with Gasteiger partial charge in [-0.25, -0.2) is 0 Å². The zero-order valence-corrected chi connectivity index (χ0v) is 13.9. The highest BCUT2D eigenvalue weighted by atomic mass is 15.2. The van der Waals surface area contributed by atoms with Crippen LogP contribution in [0.15, 0.2) is 30.3 Å². The summed E-state index contributed by atoms with van der Waals surface area (Å²) in [7, 11) is 2.23. The molecule has 0 aliphatic carbocycles. The van der Waals surface area contributed by atoms with Gasteiger partial charge in [0.2, 0.25) is 0 Å². The molecule has 0 atom stereocenters. The Hall–Kier alpha value is -0.900. The summed E-state index contributed by atoms with van der Waals surface area (Å²) in [5.74, 6) is 0. The van der Waals surface area contributed by atoms with E-state index in [0.717, 1.165) is 19.5 Å². The van der Waals surface area contributed by atoms with Gasteiger partial charge >= 0.3 is 0 Å². The molecule has 1 aliphatic rings. The van der Waals surface area contributed by atoms with Gasteiger partial charge in [-0.15, -0.1) is 0 Å². The topological polar surface area (TPSA) is 32.5 Å². The van der Waals surface area contributed by atoms with Gasteiger partial charge < -0.3 is 10.6 Å². The molecule has 0 unspecified atom stereocenters. The second kappa shape index (κ2) is 7.39. The highest BCUT2D eigenvalue weighted by molar-refractivity contribution is 5.15. The standard InChI is InChI=1S/C18H31N3/c1-16(2)20(3)18(15-19)10-13-21(14-11-18)12-9-17-7-5-4-6-8-17/h4-8,16H,9-15,19H2,1-3H3. The van der Waals surface area contributed by atoms with Crippen LogP contribution in [0, 0.1) is 0 Å². The second-order valence-corrected chi connectivity index (χ2v) is 6.71. The Labute approximate surface area is 130 Å². The Morgan fingerprint density at radius 2 is 1.81 bits per heavy atom. The lowest BCUT2D eigenvalue weighted by atomic mass is 9.85. The van der Waals surface area contributed by atoms with Crippen LogP contribution in [0.2, 0.25) is 0 Å². The molecule has 3 nitrogen and oxygen atoms in total. The summed E-state index contributed by atoms with van der Waals surface area (Å²) in [4.78, 5) is 5.08. The monoisotopic (exact) mass is 289 g/mol. The SMILES string of the molecule is CC(C)N(C)C1(CN)CCN(CCc2ccccc2)CC1. The quantitative estimate of drug-likeness (QED) is 0.872. The lowest BCUT2D eigenvalue weighted by Crippen LogP contribution is -2.60. The number of hydrogen-bond donors (Lipinski definition) is 1. The Balaban J connectivity index is 1.84. The normalized spacial score (nSPS) is 19.3. The fourth-order valence-corrected chi connectivity index (χ4v) is 3.37. The van der Waals surface area contributed by atoms with Gasteiger partial charge in [0.1, 0.15) is 0 Å². The summed E-state index contributed by atoms with van der Waals surface area (Å²) in [5.41, 5.74) is 7.77. The predicted octanol–water partition coefficient (Wildman–Crippen LogP) is 2.36. The summed E-state index contributed by atoms with van der Waals surface area (Å²) in [6.45, 7) is 8.80. The van der Waals surface area contributed by atoms with E-state index in [1.54, 1.807) is 0 Å². The van der Waals surface area contributed by atoms with Crippen LogP contribution in [0.5, 0.6) is 0 Å². The molecule has 0 amide bonds. The molecule has 21 heavy (non-hydrogen) atoms. The third-order valence-corrected chi connectivity index (χ3v) is 5.25. The van der Waals surface area contributed by atoms with E-state index < -0.39 is 0 Å². The van der Waals surface area contributed by atoms with Crippen LogP contribution >= 0.6 is 0 Å². The highest BCUT2D eigenvalue weighted by Crippen LogP contribution is 2.28. The minimum atomic E-state index is 0.206. The lowest BCUT2D eigenvalue weighted by molar-refractivity contribution is 0.0261. The van der Waals surface area contributed by atoms with E-state index in [1.165, 1.54) is 31.5 Å². The van der Waals surface area contributed by atoms with E-state index in [9.17, 15) is 0 Å². The molecule has 0 saturated carbocycles. The van der Waals surface area contributed by atoms with Crippen LogP contribution in [0.4, 0.5) is 0 Å². The van der Waals surface area contributed by atoms with Crippen molar-refractivity contribution >= 4 is 0 Å². The van der Waals surface area contributed by atoms with E-state index in [-0.39, 0.29) is 5.54 Å². The molecule has 0 radical (unpaired) electrons. The van der Waals surface area contributed by atoms with Crippen molar-refractivity contribution in [3.8, 4) is 0 Å². The smallest absolute Gasteiger partial charge is 0.0355 e. The van der Waals surface area contributed by atoms with Crippen molar-refractivity contribution in [3.05, 3.63) is 35.9 Å². The fourth-order valence-electron chi connectivity index (χ4n) is 3.37. The van der Waals surface area contributed by atoms with E-state index in [0.29, 0.717) is 6.04 Å². The van der Waals surface area contributed by atoms with Gasteiger partial charge in [0.25, 0.3) is 0 Å². The number of benzene rings is 1. The van der Waals surface area contributed by atoms with Gasteiger partial charge in [-0.05, 0) is 58.8 Å².